The zero-order valence-corrected chi connectivity index (χ0v) is 25.1. The van der Waals surface area contributed by atoms with Crippen molar-refractivity contribution in [1.29, 1.82) is 0 Å². The highest BCUT2D eigenvalue weighted by Crippen LogP contribution is 2.42. The summed E-state index contributed by atoms with van der Waals surface area (Å²) in [5.74, 6) is 1.29. The molecule has 0 aliphatic heterocycles. The first-order chi connectivity index (χ1) is 17.7. The maximum absolute atomic E-state index is 13.3. The van der Waals surface area contributed by atoms with Gasteiger partial charge in [-0.15, -0.1) is 0 Å². The van der Waals surface area contributed by atoms with E-state index in [0.29, 0.717) is 54.7 Å². The molecule has 0 aliphatic carbocycles. The molecule has 0 atom stereocenters. The summed E-state index contributed by atoms with van der Waals surface area (Å²) in [4.78, 5) is 17.9. The Kier molecular flexibility index (Phi) is 9.19. The molecule has 6 nitrogen and oxygen atoms in total. The third-order valence-electron chi connectivity index (χ3n) is 5.42. The van der Waals surface area contributed by atoms with Gasteiger partial charge in [0.15, 0.2) is 11.5 Å². The second-order valence-corrected chi connectivity index (χ2v) is 10.9. The van der Waals surface area contributed by atoms with E-state index in [9.17, 15) is 4.79 Å². The first kappa shape index (κ1) is 27.9. The molecule has 3 aromatic carbocycles. The average molecular weight is 689 g/mol. The molecule has 4 aromatic rings. The summed E-state index contributed by atoms with van der Waals surface area (Å²) in [5.41, 5.74) is 1.68. The van der Waals surface area contributed by atoms with Crippen molar-refractivity contribution in [2.24, 2.45) is 5.10 Å². The van der Waals surface area contributed by atoms with E-state index < -0.39 is 0 Å². The Morgan fingerprint density at radius 2 is 1.89 bits per heavy atom. The minimum atomic E-state index is -0.264. The summed E-state index contributed by atoms with van der Waals surface area (Å²) >= 11 is 25.8. The number of ether oxygens (including phenoxy) is 2. The van der Waals surface area contributed by atoms with Crippen molar-refractivity contribution >= 4 is 83.8 Å². The molecule has 0 spiro atoms. The van der Waals surface area contributed by atoms with Gasteiger partial charge in [-0.3, -0.25) is 4.79 Å². The van der Waals surface area contributed by atoms with E-state index >= 15 is 0 Å². The Morgan fingerprint density at radius 1 is 1.11 bits per heavy atom. The normalized spacial score (nSPS) is 11.4. The second-order valence-electron chi connectivity index (χ2n) is 7.95. The van der Waals surface area contributed by atoms with Crippen molar-refractivity contribution in [3.8, 4) is 11.5 Å². The molecule has 192 valence electrons. The molecule has 0 N–H and O–H groups in total. The molecule has 1 aromatic heterocycles. The molecule has 0 fully saturated rings. The van der Waals surface area contributed by atoms with E-state index in [-0.39, 0.29) is 17.2 Å². The third kappa shape index (κ3) is 6.15. The lowest BCUT2D eigenvalue weighted by atomic mass is 10.2. The third-order valence-corrected chi connectivity index (χ3v) is 7.95. The molecule has 0 bridgehead atoms. The Morgan fingerprint density at radius 3 is 2.59 bits per heavy atom. The van der Waals surface area contributed by atoms with Crippen LogP contribution in [0, 0.1) is 0 Å². The highest BCUT2D eigenvalue weighted by molar-refractivity contribution is 9.10. The summed E-state index contributed by atoms with van der Waals surface area (Å²) in [5, 5.41) is 6.24. The van der Waals surface area contributed by atoms with E-state index in [2.05, 4.69) is 41.9 Å². The molecule has 0 aliphatic rings. The Labute approximate surface area is 245 Å². The van der Waals surface area contributed by atoms with Crippen LogP contribution in [0.4, 0.5) is 0 Å². The fraction of sp³-hybridized carbons (Fsp3) is 0.192. The number of fused-ring (bicyclic) bond motifs is 1. The van der Waals surface area contributed by atoms with Gasteiger partial charge in [0.05, 0.1) is 24.2 Å². The standard InChI is InChI=1S/C26H20Br2Cl3N3O3/c1-3-4-22-33-20-8-6-16(27)10-18(20)26(35)34(22)32-12-15-9-21(36-2)25(24(31)23(15)28)37-13-14-5-7-17(29)11-19(14)30/h5-12H,3-4,13H2,1-2H3. The molecule has 0 amide bonds. The van der Waals surface area contributed by atoms with Crippen LogP contribution in [-0.4, -0.2) is 23.0 Å². The van der Waals surface area contributed by atoms with Gasteiger partial charge in [0, 0.05) is 36.5 Å². The SMILES string of the molecule is CCCc1nc2ccc(Br)cc2c(=O)n1N=Cc1cc(OC)c(OCc2ccc(Cl)cc2Cl)c(Cl)c1Br. The topological polar surface area (TPSA) is 65.7 Å². The number of hydrogen-bond donors (Lipinski definition) is 0. The maximum Gasteiger partial charge on any atom is 0.282 e. The van der Waals surface area contributed by atoms with Gasteiger partial charge < -0.3 is 9.47 Å². The van der Waals surface area contributed by atoms with Crippen LogP contribution in [0.3, 0.4) is 0 Å². The van der Waals surface area contributed by atoms with Gasteiger partial charge in [-0.25, -0.2) is 4.98 Å². The van der Waals surface area contributed by atoms with Gasteiger partial charge in [-0.1, -0.05) is 63.7 Å². The number of rotatable bonds is 8. The molecule has 4 rings (SSSR count). The summed E-state index contributed by atoms with van der Waals surface area (Å²) in [6.07, 6.45) is 2.92. The zero-order chi connectivity index (χ0) is 26.7. The van der Waals surface area contributed by atoms with Crippen molar-refractivity contribution in [2.45, 2.75) is 26.4 Å². The van der Waals surface area contributed by atoms with Crippen LogP contribution in [0.15, 0.2) is 61.3 Å². The zero-order valence-electron chi connectivity index (χ0n) is 19.7. The van der Waals surface area contributed by atoms with E-state index in [1.807, 2.05) is 19.1 Å². The van der Waals surface area contributed by atoms with E-state index in [1.165, 1.54) is 18.0 Å². The van der Waals surface area contributed by atoms with Crippen molar-refractivity contribution in [3.05, 3.63) is 93.8 Å². The molecule has 0 saturated carbocycles. The Balaban J connectivity index is 1.72. The molecule has 0 radical (unpaired) electrons. The summed E-state index contributed by atoms with van der Waals surface area (Å²) in [6, 6.07) is 12.3. The Bertz CT molecular complexity index is 1570. The number of halogens is 5. The average Bonchev–Trinajstić information content (AvgIpc) is 2.87. The van der Waals surface area contributed by atoms with Crippen molar-refractivity contribution in [2.75, 3.05) is 7.11 Å². The summed E-state index contributed by atoms with van der Waals surface area (Å²) in [7, 11) is 1.51. The maximum atomic E-state index is 13.3. The highest BCUT2D eigenvalue weighted by Gasteiger charge is 2.18. The van der Waals surface area contributed by atoms with Gasteiger partial charge in [-0.2, -0.15) is 9.78 Å². The molecular formula is C26H20Br2Cl3N3O3. The van der Waals surface area contributed by atoms with Gasteiger partial charge in [0.25, 0.3) is 5.56 Å². The quantitative estimate of drug-likeness (QED) is 0.175. The predicted octanol–water partition coefficient (Wildman–Crippen LogP) is 8.30. The predicted molar refractivity (Wildman–Crippen MR) is 157 cm³/mol. The van der Waals surface area contributed by atoms with Crippen LogP contribution < -0.4 is 15.0 Å². The monoisotopic (exact) mass is 685 g/mol. The molecule has 37 heavy (non-hydrogen) atoms. The first-order valence-electron chi connectivity index (χ1n) is 11.1. The van der Waals surface area contributed by atoms with Crippen molar-refractivity contribution in [1.82, 2.24) is 9.66 Å². The summed E-state index contributed by atoms with van der Waals surface area (Å²) < 4.78 is 14.1. The van der Waals surface area contributed by atoms with E-state index in [1.54, 1.807) is 30.3 Å². The van der Waals surface area contributed by atoms with Crippen LogP contribution in [0.1, 0.15) is 30.3 Å². The van der Waals surface area contributed by atoms with Crippen LogP contribution >= 0.6 is 66.7 Å². The lowest BCUT2D eigenvalue weighted by Gasteiger charge is -2.16. The van der Waals surface area contributed by atoms with Gasteiger partial charge >= 0.3 is 0 Å². The second kappa shape index (κ2) is 12.2. The largest absolute Gasteiger partial charge is 0.493 e. The number of nitrogens with zero attached hydrogens (tertiary/aromatic N) is 3. The lowest BCUT2D eigenvalue weighted by molar-refractivity contribution is 0.284. The number of aryl methyl sites for hydroxylation is 1. The number of benzene rings is 3. The van der Waals surface area contributed by atoms with Crippen LogP contribution in [0.5, 0.6) is 11.5 Å². The van der Waals surface area contributed by atoms with Crippen molar-refractivity contribution < 1.29 is 9.47 Å². The molecule has 1 heterocycles. The Hall–Kier alpha value is -2.10. The van der Waals surface area contributed by atoms with Crippen LogP contribution in [0.25, 0.3) is 10.9 Å². The highest BCUT2D eigenvalue weighted by atomic mass is 79.9. The first-order valence-corrected chi connectivity index (χ1v) is 13.8. The van der Waals surface area contributed by atoms with Crippen LogP contribution in [-0.2, 0) is 13.0 Å². The van der Waals surface area contributed by atoms with Crippen molar-refractivity contribution in [3.63, 3.8) is 0 Å². The summed E-state index contributed by atoms with van der Waals surface area (Å²) in [6.45, 7) is 2.17. The van der Waals surface area contributed by atoms with E-state index in [0.717, 1.165) is 16.5 Å². The number of aromatic nitrogens is 2. The van der Waals surface area contributed by atoms with Gasteiger partial charge in [0.2, 0.25) is 0 Å². The van der Waals surface area contributed by atoms with Crippen LogP contribution in [0.2, 0.25) is 15.1 Å². The molecule has 11 heteroatoms. The fourth-order valence-corrected chi connectivity index (χ4v) is 5.07. The lowest BCUT2D eigenvalue weighted by Crippen LogP contribution is -2.22. The number of methoxy groups -OCH3 is 1. The molecule has 0 unspecified atom stereocenters. The molecular weight excluding hydrogens is 668 g/mol. The fourth-order valence-electron chi connectivity index (χ4n) is 3.59. The smallest absolute Gasteiger partial charge is 0.282 e. The number of hydrogen-bond acceptors (Lipinski definition) is 5. The minimum Gasteiger partial charge on any atom is -0.493 e. The molecule has 0 saturated heterocycles. The minimum absolute atomic E-state index is 0.153. The van der Waals surface area contributed by atoms with Gasteiger partial charge in [0.1, 0.15) is 17.5 Å². The van der Waals surface area contributed by atoms with E-state index in [4.69, 9.17) is 44.3 Å². The van der Waals surface area contributed by atoms with Gasteiger partial charge in [-0.05, 0) is 58.7 Å².